The van der Waals surface area contributed by atoms with Crippen molar-refractivity contribution < 1.29 is 0 Å². The highest BCUT2D eigenvalue weighted by molar-refractivity contribution is 6.28. The summed E-state index contributed by atoms with van der Waals surface area (Å²) in [7, 11) is 0. The Hall–Kier alpha value is -4.96. The molecule has 0 unspecified atom stereocenters. The third-order valence-electron chi connectivity index (χ3n) is 7.22. The maximum Gasteiger partial charge on any atom is 0.234 e. The molecule has 0 N–H and O–H groups in total. The zero-order valence-electron chi connectivity index (χ0n) is 19.3. The van der Waals surface area contributed by atoms with Crippen LogP contribution >= 0.6 is 0 Å². The van der Waals surface area contributed by atoms with Crippen LogP contribution in [0.2, 0.25) is 0 Å². The van der Waals surface area contributed by atoms with Gasteiger partial charge in [0.15, 0.2) is 0 Å². The minimum atomic E-state index is 0.672. The van der Waals surface area contributed by atoms with Gasteiger partial charge in [-0.2, -0.15) is 0 Å². The number of nitrogens with zero attached hydrogens (tertiary/aromatic N) is 4. The molecular weight excluding hydrogens is 440 g/mol. The fraction of sp³-hybridized carbons (Fsp3) is 0. The monoisotopic (exact) mass is 460 g/mol. The predicted molar refractivity (Wildman–Crippen MR) is 148 cm³/mol. The van der Waals surface area contributed by atoms with Crippen LogP contribution in [0.5, 0.6) is 0 Å². The number of hydrogen-bond acceptors (Lipinski definition) is 2. The Morgan fingerprint density at radius 1 is 0.444 bits per heavy atom. The van der Waals surface area contributed by atoms with Crippen LogP contribution in [-0.4, -0.2) is 19.1 Å². The van der Waals surface area contributed by atoms with Gasteiger partial charge in [-0.3, -0.25) is 4.57 Å². The Morgan fingerprint density at radius 2 is 1.14 bits per heavy atom. The lowest BCUT2D eigenvalue weighted by molar-refractivity contribution is 0.988. The number of aromatic nitrogens is 4. The number of para-hydroxylation sites is 2. The smallest absolute Gasteiger partial charge is 0.234 e. The third kappa shape index (κ3) is 2.53. The van der Waals surface area contributed by atoms with Crippen LogP contribution in [0.1, 0.15) is 0 Å². The normalized spacial score (nSPS) is 11.9. The molecule has 0 bridgehead atoms. The van der Waals surface area contributed by atoms with Crippen molar-refractivity contribution >= 4 is 54.4 Å². The van der Waals surface area contributed by atoms with E-state index < -0.39 is 0 Å². The summed E-state index contributed by atoms with van der Waals surface area (Å²) in [5.41, 5.74) is 5.69. The quantitative estimate of drug-likeness (QED) is 0.264. The SMILES string of the molecule is c1ccc(-n2c3ccc4ccccc4c3c3ccc4c5ccccc5n(-c5ncccn5)c4c32)cc1. The molecule has 168 valence electrons. The number of benzene rings is 5. The third-order valence-corrected chi connectivity index (χ3v) is 7.22. The lowest BCUT2D eigenvalue weighted by Gasteiger charge is -2.11. The molecule has 4 heteroatoms. The average molecular weight is 461 g/mol. The molecule has 0 aliphatic rings. The molecule has 0 amide bonds. The maximum absolute atomic E-state index is 4.68. The van der Waals surface area contributed by atoms with Gasteiger partial charge in [0.2, 0.25) is 5.95 Å². The molecule has 3 heterocycles. The molecule has 5 aromatic carbocycles. The lowest BCUT2D eigenvalue weighted by atomic mass is 10.0. The van der Waals surface area contributed by atoms with Crippen LogP contribution in [-0.2, 0) is 0 Å². The molecule has 0 spiro atoms. The van der Waals surface area contributed by atoms with E-state index in [-0.39, 0.29) is 0 Å². The number of hydrogen-bond donors (Lipinski definition) is 0. The van der Waals surface area contributed by atoms with Gasteiger partial charge in [0.25, 0.3) is 0 Å². The standard InChI is InChI=1S/C32H20N4/c1-2-10-22(11-3-1)35-28-18-15-21-9-4-5-12-23(21)29(28)26-17-16-25-24-13-6-7-14-27(24)36(30(25)31(26)35)32-33-19-8-20-34-32/h1-20H. The van der Waals surface area contributed by atoms with Crippen molar-refractivity contribution in [3.8, 4) is 11.6 Å². The van der Waals surface area contributed by atoms with Crippen LogP contribution < -0.4 is 0 Å². The van der Waals surface area contributed by atoms with Crippen LogP contribution in [0.3, 0.4) is 0 Å². The second kappa shape index (κ2) is 7.27. The molecule has 3 aromatic heterocycles. The van der Waals surface area contributed by atoms with Crippen LogP contribution in [0, 0.1) is 0 Å². The average Bonchev–Trinajstić information content (AvgIpc) is 3.47. The van der Waals surface area contributed by atoms with E-state index in [9.17, 15) is 0 Å². The highest BCUT2D eigenvalue weighted by Gasteiger charge is 2.22. The molecule has 8 rings (SSSR count). The van der Waals surface area contributed by atoms with Crippen molar-refractivity contribution in [1.82, 2.24) is 19.1 Å². The summed E-state index contributed by atoms with van der Waals surface area (Å²) < 4.78 is 4.62. The molecule has 0 fully saturated rings. The molecule has 0 aliphatic heterocycles. The first-order chi connectivity index (χ1) is 17.9. The van der Waals surface area contributed by atoms with Gasteiger partial charge in [-0.1, -0.05) is 78.9 Å². The van der Waals surface area contributed by atoms with Crippen molar-refractivity contribution in [2.24, 2.45) is 0 Å². The summed E-state index contributed by atoms with van der Waals surface area (Å²) in [6.45, 7) is 0. The highest BCUT2D eigenvalue weighted by atomic mass is 15.2. The number of fused-ring (bicyclic) bond motifs is 9. The molecular formula is C32H20N4. The van der Waals surface area contributed by atoms with Gasteiger partial charge in [0, 0.05) is 39.6 Å². The fourth-order valence-electron chi connectivity index (χ4n) is 5.78. The van der Waals surface area contributed by atoms with Gasteiger partial charge in [0.05, 0.1) is 22.1 Å². The van der Waals surface area contributed by atoms with Crippen molar-refractivity contribution in [2.45, 2.75) is 0 Å². The minimum absolute atomic E-state index is 0.672. The summed E-state index contributed by atoms with van der Waals surface area (Å²) in [6, 6.07) is 38.7. The zero-order chi connectivity index (χ0) is 23.6. The van der Waals surface area contributed by atoms with Crippen molar-refractivity contribution in [2.75, 3.05) is 0 Å². The second-order valence-electron chi connectivity index (χ2n) is 9.11. The van der Waals surface area contributed by atoms with Crippen molar-refractivity contribution in [3.05, 3.63) is 122 Å². The first-order valence-electron chi connectivity index (χ1n) is 12.1. The topological polar surface area (TPSA) is 35.6 Å². The van der Waals surface area contributed by atoms with Crippen molar-refractivity contribution in [1.29, 1.82) is 0 Å². The lowest BCUT2D eigenvalue weighted by Crippen LogP contribution is -2.02. The molecule has 0 aliphatic carbocycles. The van der Waals surface area contributed by atoms with Gasteiger partial charge in [-0.15, -0.1) is 0 Å². The Bertz CT molecular complexity index is 2080. The van der Waals surface area contributed by atoms with E-state index in [1.54, 1.807) is 0 Å². The van der Waals surface area contributed by atoms with E-state index >= 15 is 0 Å². The van der Waals surface area contributed by atoms with Gasteiger partial charge >= 0.3 is 0 Å². The summed E-state index contributed by atoms with van der Waals surface area (Å²) >= 11 is 0. The molecule has 4 nitrogen and oxygen atoms in total. The first-order valence-corrected chi connectivity index (χ1v) is 12.1. The fourth-order valence-corrected chi connectivity index (χ4v) is 5.78. The summed E-state index contributed by atoms with van der Waals surface area (Å²) in [5, 5.41) is 7.36. The molecule has 0 saturated heterocycles. The highest BCUT2D eigenvalue weighted by Crippen LogP contribution is 2.43. The largest absolute Gasteiger partial charge is 0.307 e. The maximum atomic E-state index is 4.68. The summed E-state index contributed by atoms with van der Waals surface area (Å²) in [4.78, 5) is 9.35. The zero-order valence-corrected chi connectivity index (χ0v) is 19.3. The molecule has 0 radical (unpaired) electrons. The number of rotatable bonds is 2. The van der Waals surface area contributed by atoms with E-state index in [2.05, 4.69) is 122 Å². The van der Waals surface area contributed by atoms with Gasteiger partial charge in [-0.25, -0.2) is 9.97 Å². The summed E-state index contributed by atoms with van der Waals surface area (Å²) in [5.74, 6) is 0.672. The van der Waals surface area contributed by atoms with Gasteiger partial charge < -0.3 is 4.57 Å². The van der Waals surface area contributed by atoms with E-state index in [1.165, 1.54) is 37.8 Å². The molecule has 36 heavy (non-hydrogen) atoms. The van der Waals surface area contributed by atoms with Crippen LogP contribution in [0.25, 0.3) is 66.0 Å². The van der Waals surface area contributed by atoms with Gasteiger partial charge in [0.1, 0.15) is 0 Å². The molecule has 8 aromatic rings. The molecule has 0 saturated carbocycles. The predicted octanol–water partition coefficient (Wildman–Crippen LogP) is 7.82. The van der Waals surface area contributed by atoms with E-state index in [1.807, 2.05) is 18.5 Å². The van der Waals surface area contributed by atoms with E-state index in [0.717, 1.165) is 22.2 Å². The Kier molecular flexibility index (Phi) is 3.91. The molecule has 0 atom stereocenters. The van der Waals surface area contributed by atoms with Crippen LogP contribution in [0.4, 0.5) is 0 Å². The van der Waals surface area contributed by atoms with E-state index in [0.29, 0.717) is 5.95 Å². The summed E-state index contributed by atoms with van der Waals surface area (Å²) in [6.07, 6.45) is 3.62. The Labute approximate surface area is 206 Å². The van der Waals surface area contributed by atoms with Gasteiger partial charge in [-0.05, 0) is 41.1 Å². The minimum Gasteiger partial charge on any atom is -0.307 e. The Balaban J connectivity index is 1.71. The van der Waals surface area contributed by atoms with E-state index in [4.69, 9.17) is 0 Å². The first kappa shape index (κ1) is 19.4. The Morgan fingerprint density at radius 3 is 2.00 bits per heavy atom. The van der Waals surface area contributed by atoms with Crippen LogP contribution in [0.15, 0.2) is 122 Å². The van der Waals surface area contributed by atoms with Crippen molar-refractivity contribution in [3.63, 3.8) is 0 Å². The second-order valence-corrected chi connectivity index (χ2v) is 9.11.